The second-order valence-corrected chi connectivity index (χ2v) is 11.8. The average Bonchev–Trinajstić information content (AvgIpc) is 3.28. The van der Waals surface area contributed by atoms with Crippen molar-refractivity contribution in [1.82, 2.24) is 20.9 Å². The highest BCUT2D eigenvalue weighted by Crippen LogP contribution is 2.46. The minimum Gasteiger partial charge on any atom is -0.373 e. The molecule has 36 heavy (non-hydrogen) atoms. The molecule has 0 saturated carbocycles. The summed E-state index contributed by atoms with van der Waals surface area (Å²) in [5.74, 6) is 0.00640. The number of rotatable bonds is 8. The molecule has 3 aliphatic rings. The second-order valence-electron chi connectivity index (χ2n) is 10.5. The van der Waals surface area contributed by atoms with Gasteiger partial charge in [-0.2, -0.15) is 0 Å². The number of alkyl halides is 1. The zero-order valence-electron chi connectivity index (χ0n) is 21.4. The standard InChI is InChI=1S/C26H37FN4O4S/c1-15(28-4)23(32)29-18-9-12-36-20-14-26(2,3)22(31(20)25(18)34)24(33)30-21-17-8-6-5-7-16(17)13-19(21)35-11-10-27/h5-8,15,18-22,28H,9-14H2,1-4H3,(H,29,32)(H,30,33)/t15-,18?,19+,20?,21-,22?/m0/s1. The number of fused-ring (bicyclic) bond motifs is 2. The Morgan fingerprint density at radius 2 is 2.03 bits per heavy atom. The molecular weight excluding hydrogens is 483 g/mol. The van der Waals surface area contributed by atoms with E-state index in [-0.39, 0.29) is 35.8 Å². The molecule has 2 fully saturated rings. The van der Waals surface area contributed by atoms with Crippen LogP contribution in [-0.2, 0) is 25.5 Å². The zero-order valence-corrected chi connectivity index (χ0v) is 22.2. The number of amides is 3. The number of halogens is 1. The topological polar surface area (TPSA) is 99.8 Å². The fraction of sp³-hybridized carbons (Fsp3) is 0.654. The Kier molecular flexibility index (Phi) is 8.26. The van der Waals surface area contributed by atoms with Crippen molar-refractivity contribution >= 4 is 29.5 Å². The van der Waals surface area contributed by atoms with Crippen LogP contribution in [0.15, 0.2) is 24.3 Å². The monoisotopic (exact) mass is 520 g/mol. The van der Waals surface area contributed by atoms with Crippen LogP contribution in [0.2, 0.25) is 0 Å². The van der Waals surface area contributed by atoms with Gasteiger partial charge in [0.1, 0.15) is 18.8 Å². The molecule has 2 heterocycles. The fourth-order valence-corrected chi connectivity index (χ4v) is 7.17. The lowest BCUT2D eigenvalue weighted by Crippen LogP contribution is -2.58. The van der Waals surface area contributed by atoms with E-state index in [0.717, 1.165) is 11.1 Å². The van der Waals surface area contributed by atoms with Gasteiger partial charge in [-0.1, -0.05) is 38.1 Å². The maximum absolute atomic E-state index is 13.9. The summed E-state index contributed by atoms with van der Waals surface area (Å²) in [4.78, 5) is 41.9. The molecule has 1 aromatic rings. The van der Waals surface area contributed by atoms with Crippen LogP contribution < -0.4 is 16.0 Å². The van der Waals surface area contributed by atoms with Crippen LogP contribution in [0.25, 0.3) is 0 Å². The van der Waals surface area contributed by atoms with E-state index in [1.54, 1.807) is 30.6 Å². The van der Waals surface area contributed by atoms with E-state index in [1.165, 1.54) is 0 Å². The normalized spacial score (nSPS) is 29.8. The first-order valence-electron chi connectivity index (χ1n) is 12.6. The third-order valence-corrected chi connectivity index (χ3v) is 8.83. The highest BCUT2D eigenvalue weighted by atomic mass is 32.2. The van der Waals surface area contributed by atoms with Crippen molar-refractivity contribution in [3.63, 3.8) is 0 Å². The fourth-order valence-electron chi connectivity index (χ4n) is 5.59. The minimum absolute atomic E-state index is 0.0321. The van der Waals surface area contributed by atoms with E-state index in [1.807, 2.05) is 38.1 Å². The Balaban J connectivity index is 1.57. The van der Waals surface area contributed by atoms with Crippen molar-refractivity contribution in [3.05, 3.63) is 35.4 Å². The van der Waals surface area contributed by atoms with Gasteiger partial charge < -0.3 is 25.6 Å². The average molecular weight is 521 g/mol. The molecule has 2 saturated heterocycles. The quantitative estimate of drug-likeness (QED) is 0.485. The summed E-state index contributed by atoms with van der Waals surface area (Å²) in [5.41, 5.74) is 1.57. The van der Waals surface area contributed by atoms with Crippen LogP contribution in [0.3, 0.4) is 0 Å². The number of hydrogen-bond donors (Lipinski definition) is 3. The lowest BCUT2D eigenvalue weighted by atomic mass is 9.83. The summed E-state index contributed by atoms with van der Waals surface area (Å²) in [6, 6.07) is 5.59. The molecule has 2 aliphatic heterocycles. The van der Waals surface area contributed by atoms with Crippen molar-refractivity contribution in [2.75, 3.05) is 26.1 Å². The molecule has 0 spiro atoms. The smallest absolute Gasteiger partial charge is 0.246 e. The maximum Gasteiger partial charge on any atom is 0.246 e. The Labute approximate surface area is 216 Å². The van der Waals surface area contributed by atoms with E-state index >= 15 is 0 Å². The van der Waals surface area contributed by atoms with E-state index in [4.69, 9.17) is 4.74 Å². The first kappa shape index (κ1) is 26.9. The van der Waals surface area contributed by atoms with Crippen LogP contribution in [0.4, 0.5) is 4.39 Å². The molecule has 1 aliphatic carbocycles. The van der Waals surface area contributed by atoms with E-state index in [9.17, 15) is 18.8 Å². The van der Waals surface area contributed by atoms with Gasteiger partial charge in [-0.05, 0) is 49.1 Å². The molecule has 0 radical (unpaired) electrons. The number of carbonyl (C=O) groups is 3. The number of nitrogens with one attached hydrogen (secondary N) is 3. The summed E-state index contributed by atoms with van der Waals surface area (Å²) in [5, 5.41) is 8.80. The van der Waals surface area contributed by atoms with Gasteiger partial charge >= 0.3 is 0 Å². The highest BCUT2D eigenvalue weighted by Gasteiger charge is 2.55. The van der Waals surface area contributed by atoms with Gasteiger partial charge in [0.15, 0.2) is 0 Å². The number of likely N-dealkylation sites (N-methyl/N-ethyl adjacent to an activating group) is 1. The Hall–Kier alpha value is -2.17. The third kappa shape index (κ3) is 5.26. The molecule has 3 amide bonds. The molecule has 10 heteroatoms. The van der Waals surface area contributed by atoms with Gasteiger partial charge in [-0.25, -0.2) is 4.39 Å². The SMILES string of the molecule is CN[C@@H](C)C(=O)NC1CCSC2CC(C)(C)C(C(=O)N[C@H]3c4ccccc4C[C@H]3OCCF)N2C1=O. The highest BCUT2D eigenvalue weighted by molar-refractivity contribution is 7.99. The van der Waals surface area contributed by atoms with Gasteiger partial charge in [0.25, 0.3) is 0 Å². The second kappa shape index (κ2) is 11.1. The van der Waals surface area contributed by atoms with Crippen molar-refractivity contribution in [1.29, 1.82) is 0 Å². The summed E-state index contributed by atoms with van der Waals surface area (Å²) in [7, 11) is 1.69. The van der Waals surface area contributed by atoms with Gasteiger partial charge in [-0.3, -0.25) is 14.4 Å². The van der Waals surface area contributed by atoms with Gasteiger partial charge in [-0.15, -0.1) is 11.8 Å². The molecule has 198 valence electrons. The summed E-state index contributed by atoms with van der Waals surface area (Å²) < 4.78 is 18.7. The van der Waals surface area contributed by atoms with Crippen molar-refractivity contribution < 1.29 is 23.5 Å². The third-order valence-electron chi connectivity index (χ3n) is 7.58. The van der Waals surface area contributed by atoms with Crippen LogP contribution in [0, 0.1) is 5.41 Å². The van der Waals surface area contributed by atoms with E-state index in [0.29, 0.717) is 25.0 Å². The number of nitrogens with zero attached hydrogens (tertiary/aromatic N) is 1. The number of ether oxygens (including phenoxy) is 1. The Morgan fingerprint density at radius 1 is 1.28 bits per heavy atom. The lowest BCUT2D eigenvalue weighted by Gasteiger charge is -2.35. The first-order valence-corrected chi connectivity index (χ1v) is 13.7. The van der Waals surface area contributed by atoms with Gasteiger partial charge in [0.2, 0.25) is 17.7 Å². The van der Waals surface area contributed by atoms with E-state index < -0.39 is 36.3 Å². The lowest BCUT2D eigenvalue weighted by molar-refractivity contribution is -0.144. The maximum atomic E-state index is 13.9. The minimum atomic E-state index is -0.698. The predicted octanol–water partition coefficient (Wildman–Crippen LogP) is 1.94. The molecule has 4 rings (SSSR count). The Morgan fingerprint density at radius 3 is 2.75 bits per heavy atom. The number of hydrogen-bond acceptors (Lipinski definition) is 6. The van der Waals surface area contributed by atoms with Crippen molar-refractivity contribution in [2.45, 2.75) is 75.7 Å². The molecule has 3 unspecified atom stereocenters. The number of benzene rings is 1. The largest absolute Gasteiger partial charge is 0.373 e. The summed E-state index contributed by atoms with van der Waals surface area (Å²) in [6.07, 6.45) is 1.42. The molecule has 0 bridgehead atoms. The van der Waals surface area contributed by atoms with Crippen LogP contribution in [0.1, 0.15) is 50.8 Å². The summed E-state index contributed by atoms with van der Waals surface area (Å²) in [6.45, 7) is 5.13. The Bertz CT molecular complexity index is 992. The first-order chi connectivity index (χ1) is 17.2. The molecule has 8 nitrogen and oxygen atoms in total. The summed E-state index contributed by atoms with van der Waals surface area (Å²) >= 11 is 1.66. The van der Waals surface area contributed by atoms with Crippen molar-refractivity contribution in [3.8, 4) is 0 Å². The van der Waals surface area contributed by atoms with Crippen molar-refractivity contribution in [2.24, 2.45) is 5.41 Å². The molecule has 3 N–H and O–H groups in total. The number of carbonyl (C=O) groups excluding carboxylic acids is 3. The van der Waals surface area contributed by atoms with Gasteiger partial charge in [0, 0.05) is 6.42 Å². The molecule has 6 atom stereocenters. The predicted molar refractivity (Wildman–Crippen MR) is 137 cm³/mol. The van der Waals surface area contributed by atoms with E-state index in [2.05, 4.69) is 16.0 Å². The zero-order chi connectivity index (χ0) is 26.0. The van der Waals surface area contributed by atoms with Crippen LogP contribution in [0.5, 0.6) is 0 Å². The van der Waals surface area contributed by atoms with Gasteiger partial charge in [0.05, 0.1) is 30.2 Å². The molecule has 0 aromatic heterocycles. The molecule has 1 aromatic carbocycles. The van der Waals surface area contributed by atoms with Crippen LogP contribution in [-0.4, -0.2) is 78.3 Å². The number of thioether (sulfide) groups is 1. The van der Waals surface area contributed by atoms with Crippen LogP contribution >= 0.6 is 11.8 Å². The molecular formula is C26H37FN4O4S.